The highest BCUT2D eigenvalue weighted by atomic mass is 19.1. The van der Waals surface area contributed by atoms with Gasteiger partial charge in [0.05, 0.1) is 36.0 Å². The summed E-state index contributed by atoms with van der Waals surface area (Å²) in [5.74, 6) is -0.264. The molecule has 0 saturated carbocycles. The van der Waals surface area contributed by atoms with Gasteiger partial charge in [0, 0.05) is 11.6 Å². The van der Waals surface area contributed by atoms with E-state index in [0.717, 1.165) is 11.4 Å². The van der Waals surface area contributed by atoms with Crippen molar-refractivity contribution in [3.63, 3.8) is 0 Å². The van der Waals surface area contributed by atoms with Crippen molar-refractivity contribution in [1.82, 2.24) is 24.8 Å². The average molecular weight is 345 g/mol. The molecule has 2 aromatic carbocycles. The van der Waals surface area contributed by atoms with Gasteiger partial charge in [-0.1, -0.05) is 17.3 Å². The summed E-state index contributed by atoms with van der Waals surface area (Å²) in [6, 6.07) is 13.5. The van der Waals surface area contributed by atoms with Gasteiger partial charge in [0.1, 0.15) is 11.6 Å². The number of aromatic nitrogens is 5. The molecule has 0 amide bonds. The average Bonchev–Trinajstić information content (AvgIpc) is 3.31. The molecule has 0 unspecified atom stereocenters. The first-order valence-electron chi connectivity index (χ1n) is 7.66. The van der Waals surface area contributed by atoms with Gasteiger partial charge in [-0.3, -0.25) is 0 Å². The van der Waals surface area contributed by atoms with Gasteiger partial charge in [-0.05, 0) is 30.3 Å². The van der Waals surface area contributed by atoms with E-state index in [0.29, 0.717) is 17.1 Å². The standard InChI is InChI=1S/C18H12FN7/c1-21-16-7-2-12(10-15(16)19)17-11-18(20)23-26(17)14-5-3-13(4-6-14)25-9-8-22-24-25/h2-11H,(H2,20,23). The molecule has 2 N–H and O–H groups in total. The molecule has 0 aliphatic rings. The Kier molecular flexibility index (Phi) is 3.67. The second-order valence-corrected chi connectivity index (χ2v) is 5.51. The molecular formula is C18H12FN7. The number of nitrogen functional groups attached to an aromatic ring is 1. The zero-order valence-corrected chi connectivity index (χ0v) is 13.4. The largest absolute Gasteiger partial charge is 0.382 e. The SMILES string of the molecule is [C-]#[N+]c1ccc(-c2cc(N)nn2-c2ccc(-n3ccnn3)cc2)cc1F. The van der Waals surface area contributed by atoms with E-state index in [4.69, 9.17) is 12.3 Å². The molecule has 0 spiro atoms. The van der Waals surface area contributed by atoms with Crippen LogP contribution in [0.3, 0.4) is 0 Å². The lowest BCUT2D eigenvalue weighted by Gasteiger charge is -2.09. The number of halogens is 1. The lowest BCUT2D eigenvalue weighted by atomic mass is 10.1. The van der Waals surface area contributed by atoms with Crippen LogP contribution in [-0.2, 0) is 0 Å². The molecule has 0 atom stereocenters. The van der Waals surface area contributed by atoms with E-state index in [2.05, 4.69) is 20.3 Å². The predicted octanol–water partition coefficient (Wildman–Crippen LogP) is 3.39. The normalized spacial score (nSPS) is 10.6. The van der Waals surface area contributed by atoms with Crippen molar-refractivity contribution in [2.24, 2.45) is 0 Å². The molecule has 0 saturated heterocycles. The smallest absolute Gasteiger partial charge is 0.222 e. The van der Waals surface area contributed by atoms with Gasteiger partial charge in [-0.15, -0.1) is 5.10 Å². The summed E-state index contributed by atoms with van der Waals surface area (Å²) in [7, 11) is 0. The van der Waals surface area contributed by atoms with Gasteiger partial charge >= 0.3 is 0 Å². The minimum atomic E-state index is -0.578. The van der Waals surface area contributed by atoms with Gasteiger partial charge in [0.25, 0.3) is 0 Å². The maximum Gasteiger partial charge on any atom is 0.222 e. The lowest BCUT2D eigenvalue weighted by Crippen LogP contribution is -2.01. The molecule has 0 radical (unpaired) electrons. The summed E-state index contributed by atoms with van der Waals surface area (Å²) < 4.78 is 17.3. The van der Waals surface area contributed by atoms with Gasteiger partial charge in [0.2, 0.25) is 5.69 Å². The number of anilines is 1. The molecule has 7 nitrogen and oxygen atoms in total. The Labute approximate surface area is 147 Å². The van der Waals surface area contributed by atoms with Crippen molar-refractivity contribution in [2.45, 2.75) is 0 Å². The third kappa shape index (κ3) is 2.67. The Hall–Kier alpha value is -3.99. The minimum Gasteiger partial charge on any atom is -0.382 e. The summed E-state index contributed by atoms with van der Waals surface area (Å²) in [5.41, 5.74) is 8.66. The molecule has 4 aromatic rings. The van der Waals surface area contributed by atoms with E-state index < -0.39 is 5.82 Å². The van der Waals surface area contributed by atoms with E-state index >= 15 is 0 Å². The Morgan fingerprint density at radius 2 is 1.81 bits per heavy atom. The molecule has 2 aromatic heterocycles. The Balaban J connectivity index is 1.77. The quantitative estimate of drug-likeness (QED) is 0.577. The number of hydrogen-bond acceptors (Lipinski definition) is 4. The first-order valence-corrected chi connectivity index (χ1v) is 7.66. The Morgan fingerprint density at radius 3 is 2.46 bits per heavy atom. The minimum absolute atomic E-state index is 0.0232. The fraction of sp³-hybridized carbons (Fsp3) is 0. The van der Waals surface area contributed by atoms with Crippen molar-refractivity contribution < 1.29 is 4.39 Å². The van der Waals surface area contributed by atoms with Crippen LogP contribution in [0.15, 0.2) is 60.9 Å². The number of nitrogens with two attached hydrogens (primary N) is 1. The summed E-state index contributed by atoms with van der Waals surface area (Å²) in [6.45, 7) is 6.96. The van der Waals surface area contributed by atoms with E-state index in [1.54, 1.807) is 33.9 Å². The van der Waals surface area contributed by atoms with Crippen LogP contribution in [0.4, 0.5) is 15.9 Å². The van der Waals surface area contributed by atoms with Crippen molar-refractivity contribution in [3.8, 4) is 22.6 Å². The van der Waals surface area contributed by atoms with Gasteiger partial charge < -0.3 is 5.73 Å². The number of hydrogen-bond donors (Lipinski definition) is 1. The van der Waals surface area contributed by atoms with Crippen LogP contribution in [0.25, 0.3) is 27.5 Å². The third-order valence-electron chi connectivity index (χ3n) is 3.87. The molecule has 126 valence electrons. The van der Waals surface area contributed by atoms with Crippen LogP contribution in [-0.4, -0.2) is 24.8 Å². The first-order chi connectivity index (χ1) is 12.7. The van der Waals surface area contributed by atoms with Crippen molar-refractivity contribution >= 4 is 11.5 Å². The topological polar surface area (TPSA) is 78.9 Å². The predicted molar refractivity (Wildman–Crippen MR) is 94.5 cm³/mol. The highest BCUT2D eigenvalue weighted by Gasteiger charge is 2.13. The molecule has 4 rings (SSSR count). The Morgan fingerprint density at radius 1 is 1.04 bits per heavy atom. The molecule has 0 aliphatic heterocycles. The molecular weight excluding hydrogens is 333 g/mol. The zero-order valence-electron chi connectivity index (χ0n) is 13.4. The number of rotatable bonds is 3. The lowest BCUT2D eigenvalue weighted by molar-refractivity contribution is 0.634. The summed E-state index contributed by atoms with van der Waals surface area (Å²) in [5, 5.41) is 12.0. The monoisotopic (exact) mass is 345 g/mol. The van der Waals surface area contributed by atoms with E-state index in [1.807, 2.05) is 24.3 Å². The van der Waals surface area contributed by atoms with Crippen molar-refractivity contribution in [2.75, 3.05) is 5.73 Å². The fourth-order valence-corrected chi connectivity index (χ4v) is 2.65. The Bertz CT molecular complexity index is 1110. The maximum atomic E-state index is 14.0. The van der Waals surface area contributed by atoms with Crippen LogP contribution < -0.4 is 5.73 Å². The molecule has 26 heavy (non-hydrogen) atoms. The highest BCUT2D eigenvalue weighted by molar-refractivity contribution is 5.68. The van der Waals surface area contributed by atoms with Crippen LogP contribution in [0.5, 0.6) is 0 Å². The van der Waals surface area contributed by atoms with Crippen LogP contribution >= 0.6 is 0 Å². The summed E-state index contributed by atoms with van der Waals surface area (Å²) in [6.07, 6.45) is 3.34. The van der Waals surface area contributed by atoms with Crippen LogP contribution in [0, 0.1) is 12.4 Å². The second-order valence-electron chi connectivity index (χ2n) is 5.51. The summed E-state index contributed by atoms with van der Waals surface area (Å²) in [4.78, 5) is 3.14. The second kappa shape index (κ2) is 6.14. The number of nitrogens with zero attached hydrogens (tertiary/aromatic N) is 6. The van der Waals surface area contributed by atoms with Crippen molar-refractivity contribution in [1.29, 1.82) is 0 Å². The number of benzene rings is 2. The molecule has 0 bridgehead atoms. The van der Waals surface area contributed by atoms with E-state index in [-0.39, 0.29) is 5.69 Å². The fourth-order valence-electron chi connectivity index (χ4n) is 2.65. The molecule has 8 heteroatoms. The van der Waals surface area contributed by atoms with Crippen LogP contribution in [0.1, 0.15) is 0 Å². The molecule has 0 aliphatic carbocycles. The highest BCUT2D eigenvalue weighted by Crippen LogP contribution is 2.29. The molecule has 0 fully saturated rings. The molecule has 2 heterocycles. The van der Waals surface area contributed by atoms with Crippen molar-refractivity contribution in [3.05, 3.63) is 78.2 Å². The van der Waals surface area contributed by atoms with Gasteiger partial charge in [-0.2, -0.15) is 5.10 Å². The van der Waals surface area contributed by atoms with E-state index in [1.165, 1.54) is 12.1 Å². The van der Waals surface area contributed by atoms with Crippen LogP contribution in [0.2, 0.25) is 0 Å². The third-order valence-corrected chi connectivity index (χ3v) is 3.87. The van der Waals surface area contributed by atoms with Gasteiger partial charge in [0.15, 0.2) is 0 Å². The summed E-state index contributed by atoms with van der Waals surface area (Å²) >= 11 is 0. The maximum absolute atomic E-state index is 14.0. The van der Waals surface area contributed by atoms with Gasteiger partial charge in [-0.25, -0.2) is 18.6 Å². The van der Waals surface area contributed by atoms with E-state index in [9.17, 15) is 4.39 Å². The zero-order chi connectivity index (χ0) is 18.1. The first kappa shape index (κ1) is 15.5.